The van der Waals surface area contributed by atoms with E-state index >= 15 is 0 Å². The number of rotatable bonds is 3. The highest BCUT2D eigenvalue weighted by Crippen LogP contribution is 2.36. The molecule has 0 fully saturated rings. The van der Waals surface area contributed by atoms with E-state index in [9.17, 15) is 13.2 Å². The minimum absolute atomic E-state index is 0.0463. The van der Waals surface area contributed by atoms with Crippen molar-refractivity contribution in [2.45, 2.75) is 19.5 Å². The SMILES string of the molecule is CC/C=C/Nc1ccc(Br)c(C(F)(F)F)c1. The van der Waals surface area contributed by atoms with Crippen LogP contribution in [0.25, 0.3) is 0 Å². The second-order valence-corrected chi connectivity index (χ2v) is 4.00. The molecule has 0 unspecified atom stereocenters. The minimum atomic E-state index is -4.34. The van der Waals surface area contributed by atoms with Crippen molar-refractivity contribution in [2.24, 2.45) is 0 Å². The van der Waals surface area contributed by atoms with Crippen molar-refractivity contribution in [3.05, 3.63) is 40.5 Å². The van der Waals surface area contributed by atoms with Gasteiger partial charge >= 0.3 is 6.18 Å². The first-order chi connectivity index (χ1) is 7.45. The summed E-state index contributed by atoms with van der Waals surface area (Å²) in [6, 6.07) is 4.04. The van der Waals surface area contributed by atoms with Crippen molar-refractivity contribution in [1.82, 2.24) is 0 Å². The van der Waals surface area contributed by atoms with Gasteiger partial charge in [-0.1, -0.05) is 28.9 Å². The van der Waals surface area contributed by atoms with Crippen LogP contribution in [0.5, 0.6) is 0 Å². The molecule has 0 aliphatic rings. The first kappa shape index (κ1) is 13.1. The van der Waals surface area contributed by atoms with E-state index in [0.29, 0.717) is 5.69 Å². The van der Waals surface area contributed by atoms with Gasteiger partial charge in [-0.2, -0.15) is 13.2 Å². The number of hydrogen-bond acceptors (Lipinski definition) is 1. The van der Waals surface area contributed by atoms with Crippen LogP contribution in [0.15, 0.2) is 34.9 Å². The lowest BCUT2D eigenvalue weighted by atomic mass is 10.2. The predicted molar refractivity (Wildman–Crippen MR) is 62.2 cm³/mol. The average molecular weight is 294 g/mol. The summed E-state index contributed by atoms with van der Waals surface area (Å²) >= 11 is 2.88. The van der Waals surface area contributed by atoms with Gasteiger partial charge in [-0.3, -0.25) is 0 Å². The van der Waals surface area contributed by atoms with Gasteiger partial charge in [0.15, 0.2) is 0 Å². The first-order valence-electron chi connectivity index (χ1n) is 4.73. The zero-order chi connectivity index (χ0) is 12.2. The predicted octanol–water partition coefficient (Wildman–Crippen LogP) is 4.80. The summed E-state index contributed by atoms with van der Waals surface area (Å²) < 4.78 is 37.7. The van der Waals surface area contributed by atoms with Crippen molar-refractivity contribution in [3.63, 3.8) is 0 Å². The largest absolute Gasteiger partial charge is 0.417 e. The summed E-state index contributed by atoms with van der Waals surface area (Å²) in [6.45, 7) is 1.95. The van der Waals surface area contributed by atoms with E-state index in [1.165, 1.54) is 6.07 Å². The van der Waals surface area contributed by atoms with Crippen molar-refractivity contribution < 1.29 is 13.2 Å². The molecule has 1 nitrogen and oxygen atoms in total. The smallest absolute Gasteiger partial charge is 0.362 e. The molecule has 1 N–H and O–H groups in total. The molecule has 0 aliphatic carbocycles. The molecule has 0 spiro atoms. The molecule has 0 aromatic heterocycles. The minimum Gasteiger partial charge on any atom is -0.362 e. The summed E-state index contributed by atoms with van der Waals surface area (Å²) in [7, 11) is 0. The Labute approximate surface area is 100 Å². The van der Waals surface area contributed by atoms with Gasteiger partial charge in [-0.25, -0.2) is 0 Å². The van der Waals surface area contributed by atoms with E-state index in [1.54, 1.807) is 12.3 Å². The quantitative estimate of drug-likeness (QED) is 0.844. The Balaban J connectivity index is 2.94. The molecule has 0 amide bonds. The molecule has 0 aliphatic heterocycles. The molecule has 1 rings (SSSR count). The lowest BCUT2D eigenvalue weighted by molar-refractivity contribution is -0.138. The van der Waals surface area contributed by atoms with Crippen LogP contribution in [0.1, 0.15) is 18.9 Å². The second-order valence-electron chi connectivity index (χ2n) is 3.15. The topological polar surface area (TPSA) is 12.0 Å². The first-order valence-corrected chi connectivity index (χ1v) is 5.52. The van der Waals surface area contributed by atoms with Gasteiger partial charge in [0.1, 0.15) is 0 Å². The summed E-state index contributed by atoms with van der Waals surface area (Å²) in [5.41, 5.74) is -0.261. The van der Waals surface area contributed by atoms with E-state index < -0.39 is 11.7 Å². The molecule has 16 heavy (non-hydrogen) atoms. The van der Waals surface area contributed by atoms with Gasteiger partial charge in [0.25, 0.3) is 0 Å². The Hall–Kier alpha value is -0.970. The van der Waals surface area contributed by atoms with Crippen LogP contribution in [-0.2, 0) is 6.18 Å². The summed E-state index contributed by atoms with van der Waals surface area (Å²) in [5.74, 6) is 0. The van der Waals surface area contributed by atoms with Gasteiger partial charge in [0.2, 0.25) is 0 Å². The number of anilines is 1. The van der Waals surface area contributed by atoms with E-state index in [-0.39, 0.29) is 4.47 Å². The lowest BCUT2D eigenvalue weighted by Crippen LogP contribution is -2.06. The highest BCUT2D eigenvalue weighted by molar-refractivity contribution is 9.10. The third-order valence-corrected chi connectivity index (χ3v) is 2.57. The molecule has 5 heteroatoms. The molecule has 0 heterocycles. The van der Waals surface area contributed by atoms with Crippen molar-refractivity contribution in [3.8, 4) is 0 Å². The van der Waals surface area contributed by atoms with Crippen LogP contribution >= 0.6 is 15.9 Å². The molecular weight excluding hydrogens is 283 g/mol. The number of nitrogens with one attached hydrogen (secondary N) is 1. The highest BCUT2D eigenvalue weighted by Gasteiger charge is 2.33. The van der Waals surface area contributed by atoms with E-state index in [4.69, 9.17) is 0 Å². The number of alkyl halides is 3. The third-order valence-electron chi connectivity index (χ3n) is 1.88. The number of halogens is 4. The second kappa shape index (κ2) is 5.39. The molecular formula is C11H11BrF3N. The molecule has 0 saturated heterocycles. The van der Waals surface area contributed by atoms with E-state index in [2.05, 4.69) is 21.2 Å². The zero-order valence-electron chi connectivity index (χ0n) is 8.61. The van der Waals surface area contributed by atoms with Gasteiger partial charge in [0.05, 0.1) is 5.56 Å². The Kier molecular flexibility index (Phi) is 4.41. The summed E-state index contributed by atoms with van der Waals surface area (Å²) in [5, 5.41) is 2.78. The van der Waals surface area contributed by atoms with E-state index in [0.717, 1.165) is 12.5 Å². The van der Waals surface area contributed by atoms with Crippen molar-refractivity contribution >= 4 is 21.6 Å². The van der Waals surface area contributed by atoms with Gasteiger partial charge in [-0.05, 0) is 30.8 Å². The molecule has 0 atom stereocenters. The normalized spacial score (nSPS) is 12.1. The van der Waals surface area contributed by atoms with E-state index in [1.807, 2.05) is 13.0 Å². The number of allylic oxidation sites excluding steroid dienone is 1. The Morgan fingerprint density at radius 1 is 1.38 bits per heavy atom. The summed E-state index contributed by atoms with van der Waals surface area (Å²) in [6.07, 6.45) is -0.0562. The van der Waals surface area contributed by atoms with Crippen LogP contribution < -0.4 is 5.32 Å². The monoisotopic (exact) mass is 293 g/mol. The maximum atomic E-state index is 12.5. The van der Waals surface area contributed by atoms with Crippen LogP contribution in [0.4, 0.5) is 18.9 Å². The lowest BCUT2D eigenvalue weighted by Gasteiger charge is -2.10. The Morgan fingerprint density at radius 3 is 2.62 bits per heavy atom. The van der Waals surface area contributed by atoms with Gasteiger partial charge in [0, 0.05) is 10.2 Å². The molecule has 0 saturated carbocycles. The third kappa shape index (κ3) is 3.56. The highest BCUT2D eigenvalue weighted by atomic mass is 79.9. The van der Waals surface area contributed by atoms with Crippen LogP contribution in [0.2, 0.25) is 0 Å². The van der Waals surface area contributed by atoms with Crippen LogP contribution in [0, 0.1) is 0 Å². The molecule has 0 bridgehead atoms. The van der Waals surface area contributed by atoms with Crippen molar-refractivity contribution in [1.29, 1.82) is 0 Å². The Morgan fingerprint density at radius 2 is 2.06 bits per heavy atom. The molecule has 0 radical (unpaired) electrons. The fraction of sp³-hybridized carbons (Fsp3) is 0.273. The van der Waals surface area contributed by atoms with Crippen molar-refractivity contribution in [2.75, 3.05) is 5.32 Å². The van der Waals surface area contributed by atoms with Gasteiger partial charge in [-0.15, -0.1) is 0 Å². The average Bonchev–Trinajstić information content (AvgIpc) is 2.19. The summed E-state index contributed by atoms with van der Waals surface area (Å²) in [4.78, 5) is 0. The molecule has 88 valence electrons. The van der Waals surface area contributed by atoms with Crippen LogP contribution in [0.3, 0.4) is 0 Å². The molecule has 1 aromatic rings. The Bertz CT molecular complexity index is 385. The number of benzene rings is 1. The maximum Gasteiger partial charge on any atom is 0.417 e. The van der Waals surface area contributed by atoms with Gasteiger partial charge < -0.3 is 5.32 Å². The zero-order valence-corrected chi connectivity index (χ0v) is 10.2. The fourth-order valence-electron chi connectivity index (χ4n) is 1.11. The number of hydrogen-bond donors (Lipinski definition) is 1. The molecule has 1 aromatic carbocycles. The maximum absolute atomic E-state index is 12.5. The fourth-order valence-corrected chi connectivity index (χ4v) is 1.58. The standard InChI is InChI=1S/C11H11BrF3N/c1-2-3-6-16-8-4-5-10(12)9(7-8)11(13,14)15/h3-7,16H,2H2,1H3/b6-3+. The van der Waals surface area contributed by atoms with Crippen LogP contribution in [-0.4, -0.2) is 0 Å².